The highest BCUT2D eigenvalue weighted by atomic mass is 16.6. The number of aryl methyl sites for hydroxylation is 1. The lowest BCUT2D eigenvalue weighted by atomic mass is 9.98. The number of aromatic hydroxyl groups is 1. The molecule has 1 N–H and O–H groups in total. The molecule has 32 heavy (non-hydrogen) atoms. The van der Waals surface area contributed by atoms with Gasteiger partial charge in [-0.15, -0.1) is 0 Å². The van der Waals surface area contributed by atoms with Crippen molar-refractivity contribution in [3.63, 3.8) is 0 Å². The van der Waals surface area contributed by atoms with Crippen molar-refractivity contribution in [1.29, 1.82) is 0 Å². The Morgan fingerprint density at radius 1 is 1.19 bits per heavy atom. The molecule has 162 valence electrons. The summed E-state index contributed by atoms with van der Waals surface area (Å²) in [7, 11) is 0. The van der Waals surface area contributed by atoms with Crippen molar-refractivity contribution in [2.75, 3.05) is 0 Å². The molecule has 0 aliphatic rings. The van der Waals surface area contributed by atoms with E-state index < -0.39 is 4.92 Å². The second kappa shape index (κ2) is 8.63. The number of nitro benzene ring substituents is 1. The van der Waals surface area contributed by atoms with E-state index in [1.54, 1.807) is 19.1 Å². The van der Waals surface area contributed by atoms with Crippen LogP contribution in [0.1, 0.15) is 42.9 Å². The molecule has 0 fully saturated rings. The summed E-state index contributed by atoms with van der Waals surface area (Å²) in [5, 5.41) is 21.2. The molecule has 0 aliphatic carbocycles. The van der Waals surface area contributed by atoms with Crippen LogP contribution < -0.4 is 0 Å². The van der Waals surface area contributed by atoms with E-state index in [9.17, 15) is 15.2 Å². The van der Waals surface area contributed by atoms with Gasteiger partial charge in [0.25, 0.3) is 5.69 Å². The second-order valence-electron chi connectivity index (χ2n) is 7.82. The number of oxazole rings is 1. The van der Waals surface area contributed by atoms with Crippen LogP contribution >= 0.6 is 0 Å². The summed E-state index contributed by atoms with van der Waals surface area (Å²) < 4.78 is 5.91. The average Bonchev–Trinajstić information content (AvgIpc) is 3.23. The van der Waals surface area contributed by atoms with E-state index in [4.69, 9.17) is 4.42 Å². The van der Waals surface area contributed by atoms with Crippen molar-refractivity contribution in [3.05, 3.63) is 81.4 Å². The molecule has 4 rings (SSSR count). The molecule has 0 saturated heterocycles. The fourth-order valence-electron chi connectivity index (χ4n) is 3.44. The number of phenolic OH excluding ortho intramolecular Hbond substituents is 1. The van der Waals surface area contributed by atoms with Gasteiger partial charge in [0.05, 0.1) is 10.6 Å². The molecule has 7 heteroatoms. The maximum absolute atomic E-state index is 11.1. The van der Waals surface area contributed by atoms with Gasteiger partial charge in [0, 0.05) is 29.5 Å². The minimum absolute atomic E-state index is 0.0285. The van der Waals surface area contributed by atoms with Crippen molar-refractivity contribution in [3.8, 4) is 17.2 Å². The number of nitro groups is 1. The Balaban J connectivity index is 1.58. The van der Waals surface area contributed by atoms with Gasteiger partial charge >= 0.3 is 0 Å². The Morgan fingerprint density at radius 3 is 2.62 bits per heavy atom. The minimum atomic E-state index is -0.495. The Kier molecular flexibility index (Phi) is 5.73. The molecule has 1 atom stereocenters. The van der Waals surface area contributed by atoms with Crippen molar-refractivity contribution in [2.24, 2.45) is 4.99 Å². The number of non-ortho nitro benzene ring substituents is 1. The van der Waals surface area contributed by atoms with Gasteiger partial charge in [-0.25, -0.2) is 4.98 Å². The largest absolute Gasteiger partial charge is 0.507 e. The summed E-state index contributed by atoms with van der Waals surface area (Å²) >= 11 is 0. The molecule has 0 amide bonds. The fraction of sp³-hybridized carbons (Fsp3) is 0.200. The zero-order valence-electron chi connectivity index (χ0n) is 18.1. The van der Waals surface area contributed by atoms with Crippen LogP contribution in [0.25, 0.3) is 22.6 Å². The topological polar surface area (TPSA) is 102 Å². The van der Waals surface area contributed by atoms with Crippen molar-refractivity contribution < 1.29 is 14.4 Å². The zero-order chi connectivity index (χ0) is 22.8. The van der Waals surface area contributed by atoms with E-state index in [2.05, 4.69) is 36.0 Å². The number of phenols is 1. The molecular formula is C25H23N3O4. The van der Waals surface area contributed by atoms with Crippen molar-refractivity contribution >= 4 is 28.7 Å². The van der Waals surface area contributed by atoms with Crippen LogP contribution in [0.3, 0.4) is 0 Å². The van der Waals surface area contributed by atoms with Crippen LogP contribution in [0.4, 0.5) is 11.4 Å². The highest BCUT2D eigenvalue weighted by Gasteiger charge is 2.13. The molecule has 4 aromatic rings. The number of hydrogen-bond acceptors (Lipinski definition) is 6. The molecular weight excluding hydrogens is 406 g/mol. The Bertz CT molecular complexity index is 1320. The number of fused-ring (bicyclic) bond motifs is 1. The molecule has 7 nitrogen and oxygen atoms in total. The van der Waals surface area contributed by atoms with Crippen LogP contribution in [-0.4, -0.2) is 21.2 Å². The van der Waals surface area contributed by atoms with Crippen LogP contribution in [0.5, 0.6) is 5.75 Å². The van der Waals surface area contributed by atoms with Crippen LogP contribution in [0, 0.1) is 17.0 Å². The van der Waals surface area contributed by atoms with E-state index in [1.807, 2.05) is 18.2 Å². The maximum Gasteiger partial charge on any atom is 0.270 e. The summed E-state index contributed by atoms with van der Waals surface area (Å²) in [5.41, 5.74) is 4.88. The molecule has 0 aliphatic heterocycles. The van der Waals surface area contributed by atoms with Gasteiger partial charge in [0.2, 0.25) is 5.89 Å². The van der Waals surface area contributed by atoms with E-state index in [0.717, 1.165) is 23.1 Å². The quantitative estimate of drug-likeness (QED) is 0.209. The van der Waals surface area contributed by atoms with Crippen LogP contribution in [0.2, 0.25) is 0 Å². The number of aromatic nitrogens is 1. The van der Waals surface area contributed by atoms with E-state index >= 15 is 0 Å². The predicted octanol–water partition coefficient (Wildman–Crippen LogP) is 6.68. The number of rotatable bonds is 6. The molecule has 3 aromatic carbocycles. The molecule has 0 spiro atoms. The normalized spacial score (nSPS) is 12.5. The van der Waals surface area contributed by atoms with Gasteiger partial charge in [0.15, 0.2) is 5.58 Å². The minimum Gasteiger partial charge on any atom is -0.507 e. The number of aliphatic imine (C=N–C) groups is 1. The second-order valence-corrected chi connectivity index (χ2v) is 7.82. The lowest BCUT2D eigenvalue weighted by molar-refractivity contribution is -0.384. The first-order chi connectivity index (χ1) is 15.4. The third-order valence-corrected chi connectivity index (χ3v) is 5.59. The summed E-state index contributed by atoms with van der Waals surface area (Å²) in [5.74, 6) is 0.967. The highest BCUT2D eigenvalue weighted by Crippen LogP contribution is 2.30. The summed E-state index contributed by atoms with van der Waals surface area (Å²) in [4.78, 5) is 19.5. The highest BCUT2D eigenvalue weighted by molar-refractivity contribution is 5.87. The van der Waals surface area contributed by atoms with E-state index in [-0.39, 0.29) is 17.0 Å². The number of hydrogen-bond donors (Lipinski definition) is 1. The first kappa shape index (κ1) is 21.2. The van der Waals surface area contributed by atoms with Gasteiger partial charge in [-0.2, -0.15) is 0 Å². The lowest BCUT2D eigenvalue weighted by Gasteiger charge is -2.07. The monoisotopic (exact) mass is 429 g/mol. The molecule has 0 bridgehead atoms. The predicted molar refractivity (Wildman–Crippen MR) is 125 cm³/mol. The van der Waals surface area contributed by atoms with Gasteiger partial charge in [-0.05, 0) is 66.8 Å². The standard InChI is InChI=1S/C25H23N3O4/c1-4-15(2)18-7-10-23-22(13-18)27-25(32-23)17-5-8-20(9-6-17)26-14-19-12-21(28(30)31)11-16(3)24(19)29/h5-15,29H,4H2,1-3H3/t15-/m1/s1. The van der Waals surface area contributed by atoms with E-state index in [0.29, 0.717) is 23.1 Å². The summed E-state index contributed by atoms with van der Waals surface area (Å²) in [6.45, 7) is 5.96. The van der Waals surface area contributed by atoms with Gasteiger partial charge in [-0.3, -0.25) is 15.1 Å². The first-order valence-electron chi connectivity index (χ1n) is 10.4. The summed E-state index contributed by atoms with van der Waals surface area (Å²) in [6, 6.07) is 16.0. The fourth-order valence-corrected chi connectivity index (χ4v) is 3.44. The Labute approximate surface area is 185 Å². The SMILES string of the molecule is CC[C@@H](C)c1ccc2oc(-c3ccc(N=Cc4cc([N+](=O)[O-])cc(C)c4O)cc3)nc2c1. The first-order valence-corrected chi connectivity index (χ1v) is 10.4. The van der Waals surface area contributed by atoms with Crippen molar-refractivity contribution in [2.45, 2.75) is 33.1 Å². The number of nitrogens with zero attached hydrogens (tertiary/aromatic N) is 3. The Hall–Kier alpha value is -4.00. The van der Waals surface area contributed by atoms with Gasteiger partial charge in [0.1, 0.15) is 11.3 Å². The van der Waals surface area contributed by atoms with Gasteiger partial charge in [-0.1, -0.05) is 19.9 Å². The molecule has 1 heterocycles. The van der Waals surface area contributed by atoms with E-state index in [1.165, 1.54) is 23.9 Å². The third kappa shape index (κ3) is 4.23. The molecule has 0 radical (unpaired) electrons. The smallest absolute Gasteiger partial charge is 0.270 e. The maximum atomic E-state index is 11.1. The number of benzene rings is 3. The summed E-state index contributed by atoms with van der Waals surface area (Å²) in [6.07, 6.45) is 2.48. The third-order valence-electron chi connectivity index (χ3n) is 5.59. The van der Waals surface area contributed by atoms with Crippen LogP contribution in [0.15, 0.2) is 64.0 Å². The van der Waals surface area contributed by atoms with Crippen LogP contribution in [-0.2, 0) is 0 Å². The molecule has 0 saturated carbocycles. The van der Waals surface area contributed by atoms with Crippen molar-refractivity contribution in [1.82, 2.24) is 4.98 Å². The molecule has 0 unspecified atom stereocenters. The Morgan fingerprint density at radius 2 is 1.94 bits per heavy atom. The lowest BCUT2D eigenvalue weighted by Crippen LogP contribution is -1.93. The average molecular weight is 429 g/mol. The van der Waals surface area contributed by atoms with Gasteiger partial charge < -0.3 is 9.52 Å². The molecule has 1 aromatic heterocycles. The zero-order valence-corrected chi connectivity index (χ0v) is 18.1.